The second-order valence-electron chi connectivity index (χ2n) is 6.09. The van der Waals surface area contributed by atoms with Gasteiger partial charge in [-0.1, -0.05) is 6.92 Å². The van der Waals surface area contributed by atoms with Crippen molar-refractivity contribution in [3.05, 3.63) is 0 Å². The zero-order valence-corrected chi connectivity index (χ0v) is 12.0. The molecule has 1 aliphatic heterocycles. The Morgan fingerprint density at radius 3 is 2.68 bits per heavy atom. The molecule has 108 valence electrons. The average molecular weight is 266 g/mol. The fourth-order valence-corrected chi connectivity index (χ4v) is 2.61. The van der Waals surface area contributed by atoms with E-state index < -0.39 is 0 Å². The molecule has 2 amide bonds. The van der Waals surface area contributed by atoms with E-state index in [2.05, 4.69) is 12.2 Å². The molecule has 1 heterocycles. The van der Waals surface area contributed by atoms with E-state index in [1.54, 1.807) is 0 Å². The van der Waals surface area contributed by atoms with Gasteiger partial charge in [-0.25, -0.2) is 0 Å². The first-order valence-electron chi connectivity index (χ1n) is 7.72. The van der Waals surface area contributed by atoms with E-state index in [4.69, 9.17) is 0 Å². The summed E-state index contributed by atoms with van der Waals surface area (Å²) in [6.45, 7) is 4.73. The molecule has 1 N–H and O–H groups in total. The lowest BCUT2D eigenvalue weighted by Crippen LogP contribution is -2.33. The van der Waals surface area contributed by atoms with Gasteiger partial charge in [-0.15, -0.1) is 0 Å². The Morgan fingerprint density at radius 1 is 1.16 bits per heavy atom. The molecule has 0 unspecified atom stereocenters. The van der Waals surface area contributed by atoms with Crippen molar-refractivity contribution < 1.29 is 9.59 Å². The molecule has 1 atom stereocenters. The van der Waals surface area contributed by atoms with Crippen LogP contribution in [0, 0.1) is 11.8 Å². The topological polar surface area (TPSA) is 49.4 Å². The highest BCUT2D eigenvalue weighted by atomic mass is 16.2. The number of carbonyl (C=O) groups excluding carboxylic acids is 2. The maximum Gasteiger partial charge on any atom is 0.223 e. The van der Waals surface area contributed by atoms with Crippen LogP contribution in [-0.2, 0) is 9.59 Å². The molecule has 4 nitrogen and oxygen atoms in total. The minimum absolute atomic E-state index is 0.177. The summed E-state index contributed by atoms with van der Waals surface area (Å²) in [5.74, 6) is 1.45. The predicted octanol–water partition coefficient (Wildman–Crippen LogP) is 1.94. The molecule has 2 aliphatic rings. The maximum absolute atomic E-state index is 12.1. The Kier molecular flexibility index (Phi) is 5.23. The van der Waals surface area contributed by atoms with Gasteiger partial charge < -0.3 is 10.2 Å². The summed E-state index contributed by atoms with van der Waals surface area (Å²) in [5, 5.41) is 2.91. The molecular formula is C15H26N2O2. The molecule has 0 aromatic rings. The largest absolute Gasteiger partial charge is 0.356 e. The summed E-state index contributed by atoms with van der Waals surface area (Å²) in [4.78, 5) is 25.5. The number of likely N-dealkylation sites (tertiary alicyclic amines) is 1. The van der Waals surface area contributed by atoms with E-state index in [-0.39, 0.29) is 17.7 Å². The minimum Gasteiger partial charge on any atom is -0.356 e. The SMILES string of the molecule is C[C@H]1CCCN(C(=O)CCCNC(=O)C2CC2)CC1. The number of rotatable bonds is 5. The van der Waals surface area contributed by atoms with Crippen LogP contribution in [0.4, 0.5) is 0 Å². The number of nitrogens with zero attached hydrogens (tertiary/aromatic N) is 1. The van der Waals surface area contributed by atoms with Crippen LogP contribution in [0.2, 0.25) is 0 Å². The highest BCUT2D eigenvalue weighted by molar-refractivity contribution is 5.81. The Bertz CT molecular complexity index is 326. The van der Waals surface area contributed by atoms with Crippen LogP contribution in [0.25, 0.3) is 0 Å². The third kappa shape index (κ3) is 4.84. The maximum atomic E-state index is 12.1. The van der Waals surface area contributed by atoms with E-state index in [1.165, 1.54) is 6.42 Å². The van der Waals surface area contributed by atoms with Crippen molar-refractivity contribution in [1.82, 2.24) is 10.2 Å². The summed E-state index contributed by atoms with van der Waals surface area (Å²) in [7, 11) is 0. The number of hydrogen-bond acceptors (Lipinski definition) is 2. The Hall–Kier alpha value is -1.06. The van der Waals surface area contributed by atoms with Crippen LogP contribution in [0.15, 0.2) is 0 Å². The molecule has 19 heavy (non-hydrogen) atoms. The normalized spacial score (nSPS) is 23.8. The standard InChI is InChI=1S/C15H26N2O2/c1-12-4-3-10-17(11-8-12)14(18)5-2-9-16-15(19)13-6-7-13/h12-13H,2-11H2,1H3,(H,16,19)/t12-/m0/s1. The number of amides is 2. The smallest absolute Gasteiger partial charge is 0.223 e. The van der Waals surface area contributed by atoms with Crippen LogP contribution in [0.3, 0.4) is 0 Å². The Labute approximate surface area is 115 Å². The van der Waals surface area contributed by atoms with Gasteiger partial charge in [0.1, 0.15) is 0 Å². The quantitative estimate of drug-likeness (QED) is 0.773. The lowest BCUT2D eigenvalue weighted by Gasteiger charge is -2.20. The summed E-state index contributed by atoms with van der Waals surface area (Å²) >= 11 is 0. The second kappa shape index (κ2) is 6.92. The lowest BCUT2D eigenvalue weighted by atomic mass is 10.0. The zero-order valence-electron chi connectivity index (χ0n) is 12.0. The van der Waals surface area contributed by atoms with Crippen molar-refractivity contribution in [3.8, 4) is 0 Å². The summed E-state index contributed by atoms with van der Waals surface area (Å²) in [5.41, 5.74) is 0. The van der Waals surface area contributed by atoms with E-state index >= 15 is 0 Å². The monoisotopic (exact) mass is 266 g/mol. The second-order valence-corrected chi connectivity index (χ2v) is 6.09. The fraction of sp³-hybridized carbons (Fsp3) is 0.867. The van der Waals surface area contributed by atoms with Crippen LogP contribution in [0.1, 0.15) is 51.9 Å². The molecule has 4 heteroatoms. The molecule has 0 radical (unpaired) electrons. The Morgan fingerprint density at radius 2 is 1.95 bits per heavy atom. The molecule has 0 aromatic heterocycles. The van der Waals surface area contributed by atoms with Crippen molar-refractivity contribution in [1.29, 1.82) is 0 Å². The van der Waals surface area contributed by atoms with Crippen LogP contribution in [-0.4, -0.2) is 36.3 Å². The van der Waals surface area contributed by atoms with Gasteiger partial charge in [0.2, 0.25) is 11.8 Å². The summed E-state index contributed by atoms with van der Waals surface area (Å²) < 4.78 is 0. The van der Waals surface area contributed by atoms with Crippen molar-refractivity contribution >= 4 is 11.8 Å². The van der Waals surface area contributed by atoms with Gasteiger partial charge in [0.15, 0.2) is 0 Å². The molecule has 0 spiro atoms. The van der Waals surface area contributed by atoms with Crippen molar-refractivity contribution in [3.63, 3.8) is 0 Å². The molecular weight excluding hydrogens is 240 g/mol. The molecule has 0 aromatic carbocycles. The van der Waals surface area contributed by atoms with Gasteiger partial charge in [-0.2, -0.15) is 0 Å². The van der Waals surface area contributed by atoms with Gasteiger partial charge in [0, 0.05) is 32.0 Å². The first kappa shape index (κ1) is 14.4. The molecule has 1 saturated heterocycles. The first-order chi connectivity index (χ1) is 9.16. The van der Waals surface area contributed by atoms with Gasteiger partial charge in [-0.05, 0) is 44.4 Å². The van der Waals surface area contributed by atoms with Gasteiger partial charge in [0.25, 0.3) is 0 Å². The van der Waals surface area contributed by atoms with Crippen LogP contribution in [0.5, 0.6) is 0 Å². The van der Waals surface area contributed by atoms with E-state index in [1.807, 2.05) is 4.90 Å². The van der Waals surface area contributed by atoms with Crippen LogP contribution < -0.4 is 5.32 Å². The first-order valence-corrected chi connectivity index (χ1v) is 7.72. The van der Waals surface area contributed by atoms with Crippen molar-refractivity contribution in [2.75, 3.05) is 19.6 Å². The van der Waals surface area contributed by atoms with Gasteiger partial charge >= 0.3 is 0 Å². The summed E-state index contributed by atoms with van der Waals surface area (Å²) in [6, 6.07) is 0. The van der Waals surface area contributed by atoms with E-state index in [0.717, 1.165) is 51.1 Å². The number of nitrogens with one attached hydrogen (secondary N) is 1. The molecule has 0 bridgehead atoms. The van der Waals surface area contributed by atoms with Crippen LogP contribution >= 0.6 is 0 Å². The molecule has 2 rings (SSSR count). The fourth-order valence-electron chi connectivity index (χ4n) is 2.61. The molecule has 2 fully saturated rings. The number of hydrogen-bond donors (Lipinski definition) is 1. The molecule has 1 aliphatic carbocycles. The zero-order chi connectivity index (χ0) is 13.7. The van der Waals surface area contributed by atoms with Crippen molar-refractivity contribution in [2.24, 2.45) is 11.8 Å². The lowest BCUT2D eigenvalue weighted by molar-refractivity contribution is -0.131. The molecule has 1 saturated carbocycles. The minimum atomic E-state index is 0.177. The predicted molar refractivity (Wildman–Crippen MR) is 74.6 cm³/mol. The third-order valence-corrected chi connectivity index (χ3v) is 4.18. The third-order valence-electron chi connectivity index (χ3n) is 4.18. The average Bonchev–Trinajstić information content (AvgIpc) is 3.21. The van der Waals surface area contributed by atoms with Gasteiger partial charge in [0.05, 0.1) is 0 Å². The van der Waals surface area contributed by atoms with E-state index in [0.29, 0.717) is 13.0 Å². The van der Waals surface area contributed by atoms with Gasteiger partial charge in [-0.3, -0.25) is 9.59 Å². The highest BCUT2D eigenvalue weighted by Gasteiger charge is 2.29. The number of carbonyl (C=O) groups is 2. The highest BCUT2D eigenvalue weighted by Crippen LogP contribution is 2.28. The van der Waals surface area contributed by atoms with Crippen molar-refractivity contribution in [2.45, 2.75) is 51.9 Å². The van der Waals surface area contributed by atoms with E-state index in [9.17, 15) is 9.59 Å². The Balaban J connectivity index is 1.59. The summed E-state index contributed by atoms with van der Waals surface area (Å²) in [6.07, 6.45) is 6.91.